The van der Waals surface area contributed by atoms with Crippen LogP contribution in [0.5, 0.6) is 0 Å². The number of rotatable bonds is 2. The number of carbonyl (C=O) groups is 1. The molecule has 1 saturated heterocycles. The minimum absolute atomic E-state index is 0.0962. The van der Waals surface area contributed by atoms with Crippen LogP contribution in [0.1, 0.15) is 6.42 Å². The maximum absolute atomic E-state index is 11.9. The highest BCUT2D eigenvalue weighted by molar-refractivity contribution is 5.73. The van der Waals surface area contributed by atoms with Crippen molar-refractivity contribution in [1.29, 1.82) is 0 Å². The molecular formula is C6H10FNO2. The van der Waals surface area contributed by atoms with Gasteiger partial charge in [0.15, 0.2) is 0 Å². The lowest BCUT2D eigenvalue weighted by atomic mass is 10.1. The summed E-state index contributed by atoms with van der Waals surface area (Å²) in [6.45, 7) is 0.0737. The van der Waals surface area contributed by atoms with E-state index in [2.05, 4.69) is 5.32 Å². The summed E-state index contributed by atoms with van der Waals surface area (Å²) in [6, 6.07) is -0.527. The van der Waals surface area contributed by atoms with E-state index in [9.17, 15) is 9.18 Å². The first-order valence-corrected chi connectivity index (χ1v) is 3.26. The molecule has 4 heteroatoms. The van der Waals surface area contributed by atoms with Crippen LogP contribution in [0.4, 0.5) is 4.39 Å². The Morgan fingerprint density at radius 2 is 2.50 bits per heavy atom. The predicted octanol–water partition coefficient (Wildman–Crippen LogP) is 0.0186. The summed E-state index contributed by atoms with van der Waals surface area (Å²) in [5.74, 6) is -0.975. The largest absolute Gasteiger partial charge is 0.480 e. The molecule has 0 amide bonds. The van der Waals surface area contributed by atoms with Crippen LogP contribution in [0.15, 0.2) is 0 Å². The molecule has 0 aromatic heterocycles. The molecule has 0 aromatic carbocycles. The monoisotopic (exact) mass is 147 g/mol. The van der Waals surface area contributed by atoms with E-state index >= 15 is 0 Å². The number of alkyl halides is 1. The second-order valence-corrected chi connectivity index (χ2v) is 2.56. The second-order valence-electron chi connectivity index (χ2n) is 2.56. The third-order valence-corrected chi connectivity index (χ3v) is 1.74. The molecule has 0 spiro atoms. The fraction of sp³-hybridized carbons (Fsp3) is 0.833. The van der Waals surface area contributed by atoms with Gasteiger partial charge in [0.2, 0.25) is 0 Å². The molecule has 1 fully saturated rings. The van der Waals surface area contributed by atoms with Crippen LogP contribution in [-0.2, 0) is 4.79 Å². The number of halogens is 1. The number of carboxylic acids is 1. The number of aliphatic carboxylic acids is 1. The van der Waals surface area contributed by atoms with Gasteiger partial charge in [-0.1, -0.05) is 0 Å². The van der Waals surface area contributed by atoms with Crippen LogP contribution in [0.25, 0.3) is 0 Å². The first-order valence-electron chi connectivity index (χ1n) is 3.26. The van der Waals surface area contributed by atoms with Gasteiger partial charge in [-0.05, 0) is 6.42 Å². The molecular weight excluding hydrogens is 137 g/mol. The van der Waals surface area contributed by atoms with Gasteiger partial charge < -0.3 is 10.4 Å². The molecule has 1 rings (SSSR count). The summed E-state index contributed by atoms with van der Waals surface area (Å²) < 4.78 is 11.9. The Hall–Kier alpha value is -0.640. The molecule has 0 aliphatic carbocycles. The molecule has 1 heterocycles. The third kappa shape index (κ3) is 1.44. The Kier molecular flexibility index (Phi) is 2.21. The third-order valence-electron chi connectivity index (χ3n) is 1.74. The smallest absolute Gasteiger partial charge is 0.320 e. The van der Waals surface area contributed by atoms with Gasteiger partial charge in [-0.15, -0.1) is 0 Å². The Balaban J connectivity index is 2.35. The fourth-order valence-electron chi connectivity index (χ4n) is 1.11. The highest BCUT2D eigenvalue weighted by Gasteiger charge is 2.28. The Bertz CT molecular complexity index is 140. The van der Waals surface area contributed by atoms with E-state index in [1.54, 1.807) is 0 Å². The topological polar surface area (TPSA) is 49.3 Å². The lowest BCUT2D eigenvalue weighted by Gasteiger charge is -2.00. The van der Waals surface area contributed by atoms with Gasteiger partial charge in [-0.3, -0.25) is 9.18 Å². The normalized spacial score (nSPS) is 32.5. The maximum Gasteiger partial charge on any atom is 0.320 e. The van der Waals surface area contributed by atoms with Gasteiger partial charge in [-0.2, -0.15) is 0 Å². The molecule has 58 valence electrons. The minimum atomic E-state index is -0.879. The zero-order valence-electron chi connectivity index (χ0n) is 5.51. The average Bonchev–Trinajstić information content (AvgIpc) is 2.34. The molecule has 0 saturated carbocycles. The van der Waals surface area contributed by atoms with E-state index in [1.165, 1.54) is 0 Å². The molecule has 2 atom stereocenters. The Morgan fingerprint density at radius 1 is 1.80 bits per heavy atom. The predicted molar refractivity (Wildman–Crippen MR) is 33.5 cm³/mol. The van der Waals surface area contributed by atoms with Gasteiger partial charge in [0.25, 0.3) is 0 Å². The van der Waals surface area contributed by atoms with Crippen molar-refractivity contribution in [2.24, 2.45) is 5.92 Å². The van der Waals surface area contributed by atoms with Crippen LogP contribution < -0.4 is 5.32 Å². The number of hydrogen-bond donors (Lipinski definition) is 2. The van der Waals surface area contributed by atoms with Crippen molar-refractivity contribution in [3.05, 3.63) is 0 Å². The van der Waals surface area contributed by atoms with Gasteiger partial charge in [0, 0.05) is 12.5 Å². The van der Waals surface area contributed by atoms with Crippen molar-refractivity contribution >= 4 is 5.97 Å². The lowest BCUT2D eigenvalue weighted by Crippen LogP contribution is -2.29. The van der Waals surface area contributed by atoms with Crippen LogP contribution in [-0.4, -0.2) is 30.3 Å². The Morgan fingerprint density at radius 3 is 2.80 bits per heavy atom. The maximum atomic E-state index is 11.9. The quantitative estimate of drug-likeness (QED) is 0.578. The molecule has 0 radical (unpaired) electrons. The second kappa shape index (κ2) is 2.96. The van der Waals surface area contributed by atoms with Crippen molar-refractivity contribution in [3.8, 4) is 0 Å². The minimum Gasteiger partial charge on any atom is -0.480 e. The molecule has 0 unspecified atom stereocenters. The zero-order valence-corrected chi connectivity index (χ0v) is 5.51. The Labute approximate surface area is 58.2 Å². The van der Waals surface area contributed by atoms with Crippen LogP contribution in [0.2, 0.25) is 0 Å². The number of carboxylic acid groups (broad SMARTS) is 1. The molecule has 0 bridgehead atoms. The highest BCUT2D eigenvalue weighted by Crippen LogP contribution is 2.13. The summed E-state index contributed by atoms with van der Waals surface area (Å²) in [5, 5.41) is 11.2. The van der Waals surface area contributed by atoms with Crippen LogP contribution in [0.3, 0.4) is 0 Å². The van der Waals surface area contributed by atoms with E-state index in [1.807, 2.05) is 0 Å². The summed E-state index contributed by atoms with van der Waals surface area (Å²) in [5.41, 5.74) is 0. The summed E-state index contributed by atoms with van der Waals surface area (Å²) in [7, 11) is 0. The van der Waals surface area contributed by atoms with Crippen molar-refractivity contribution in [3.63, 3.8) is 0 Å². The molecule has 3 nitrogen and oxygen atoms in total. The fourth-order valence-corrected chi connectivity index (χ4v) is 1.11. The van der Waals surface area contributed by atoms with Crippen molar-refractivity contribution in [2.75, 3.05) is 13.2 Å². The van der Waals surface area contributed by atoms with Crippen molar-refractivity contribution in [2.45, 2.75) is 12.5 Å². The van der Waals surface area contributed by atoms with Gasteiger partial charge in [-0.25, -0.2) is 0 Å². The summed E-state index contributed by atoms with van der Waals surface area (Å²) in [6.07, 6.45) is 0.422. The van der Waals surface area contributed by atoms with E-state index in [0.29, 0.717) is 13.0 Å². The summed E-state index contributed by atoms with van der Waals surface area (Å²) in [4.78, 5) is 10.3. The first-order chi connectivity index (χ1) is 4.74. The zero-order chi connectivity index (χ0) is 7.56. The molecule has 1 aliphatic heterocycles. The lowest BCUT2D eigenvalue weighted by molar-refractivity contribution is -0.139. The van der Waals surface area contributed by atoms with E-state index < -0.39 is 18.7 Å². The standard InChI is InChI=1S/C6H10FNO2/c7-2-4-1-5(6(9)10)8-3-4/h4-5,8H,1-3H2,(H,9,10)/t4-,5-/m0/s1. The highest BCUT2D eigenvalue weighted by atomic mass is 19.1. The number of nitrogens with one attached hydrogen (secondary N) is 1. The van der Waals surface area contributed by atoms with Gasteiger partial charge in [0.1, 0.15) is 6.04 Å². The van der Waals surface area contributed by atoms with Crippen LogP contribution >= 0.6 is 0 Å². The van der Waals surface area contributed by atoms with E-state index in [0.717, 1.165) is 0 Å². The molecule has 1 aliphatic rings. The number of hydrogen-bond acceptors (Lipinski definition) is 2. The molecule has 0 aromatic rings. The van der Waals surface area contributed by atoms with Gasteiger partial charge in [0.05, 0.1) is 6.67 Å². The van der Waals surface area contributed by atoms with Crippen molar-refractivity contribution < 1.29 is 14.3 Å². The average molecular weight is 147 g/mol. The van der Waals surface area contributed by atoms with E-state index in [-0.39, 0.29) is 5.92 Å². The SMILES string of the molecule is O=C(O)[C@@H]1C[C@@H](CF)CN1. The van der Waals surface area contributed by atoms with Crippen molar-refractivity contribution in [1.82, 2.24) is 5.32 Å². The van der Waals surface area contributed by atoms with Gasteiger partial charge >= 0.3 is 5.97 Å². The molecule has 2 N–H and O–H groups in total. The van der Waals surface area contributed by atoms with Crippen LogP contribution in [0, 0.1) is 5.92 Å². The first kappa shape index (κ1) is 7.47. The molecule has 10 heavy (non-hydrogen) atoms. The summed E-state index contributed by atoms with van der Waals surface area (Å²) >= 11 is 0. The van der Waals surface area contributed by atoms with E-state index in [4.69, 9.17) is 5.11 Å².